The van der Waals surface area contributed by atoms with Crippen LogP contribution in [0.25, 0.3) is 0 Å². The molecule has 0 aliphatic rings. The summed E-state index contributed by atoms with van der Waals surface area (Å²) in [5, 5.41) is 13.5. The molecule has 6 nitrogen and oxygen atoms in total. The van der Waals surface area contributed by atoms with Gasteiger partial charge in [0, 0.05) is 35.3 Å². The predicted octanol–water partition coefficient (Wildman–Crippen LogP) is 2.40. The molecule has 0 unspecified atom stereocenters. The number of nitro benzene ring substituents is 1. The molecule has 0 spiro atoms. The molecule has 7 heteroatoms. The normalized spacial score (nSPS) is 10.4. The topological polar surface area (TPSA) is 91.3 Å². The Hall–Kier alpha value is -1.99. The van der Waals surface area contributed by atoms with Gasteiger partial charge in [0.25, 0.3) is 5.69 Å². The molecule has 2 rings (SSSR count). The minimum absolute atomic E-state index is 0.0119. The van der Waals surface area contributed by atoms with E-state index < -0.39 is 4.92 Å². The number of hydrogen-bond donors (Lipinski definition) is 1. The van der Waals surface area contributed by atoms with E-state index in [4.69, 9.17) is 10.5 Å². The van der Waals surface area contributed by atoms with Crippen molar-refractivity contribution in [1.82, 2.24) is 4.98 Å². The second kappa shape index (κ2) is 5.77. The van der Waals surface area contributed by atoms with Gasteiger partial charge >= 0.3 is 0 Å². The molecule has 0 aliphatic carbocycles. The van der Waals surface area contributed by atoms with Crippen LogP contribution in [0.3, 0.4) is 0 Å². The third-order valence-corrected chi connectivity index (χ3v) is 3.43. The zero-order valence-corrected chi connectivity index (χ0v) is 11.1. The van der Waals surface area contributed by atoms with Gasteiger partial charge in [-0.1, -0.05) is 0 Å². The lowest BCUT2D eigenvalue weighted by molar-refractivity contribution is -0.384. The molecule has 2 N–H and O–H groups in total. The number of non-ortho nitro benzene ring substituents is 1. The number of aromatic nitrogens is 1. The van der Waals surface area contributed by atoms with Crippen LogP contribution in [-0.4, -0.2) is 9.91 Å². The molecule has 1 aromatic heterocycles. The highest BCUT2D eigenvalue weighted by atomic mass is 32.1. The van der Waals surface area contributed by atoms with Crippen molar-refractivity contribution in [3.63, 3.8) is 0 Å². The lowest BCUT2D eigenvalue weighted by Crippen LogP contribution is -2.03. The number of nitrogens with two attached hydrogens (primary N) is 1. The summed E-state index contributed by atoms with van der Waals surface area (Å²) in [6.45, 7) is 2.44. The molecule has 1 heterocycles. The van der Waals surface area contributed by atoms with Crippen LogP contribution in [-0.2, 0) is 13.2 Å². The average molecular weight is 279 g/mol. The van der Waals surface area contributed by atoms with E-state index in [1.807, 2.05) is 12.3 Å². The Labute approximate surface area is 114 Å². The lowest BCUT2D eigenvalue weighted by atomic mass is 10.2. The van der Waals surface area contributed by atoms with Crippen LogP contribution in [0.1, 0.15) is 16.3 Å². The molecule has 0 radical (unpaired) electrons. The minimum atomic E-state index is -0.451. The molecule has 0 bridgehead atoms. The second-order valence-corrected chi connectivity index (χ2v) is 4.87. The van der Waals surface area contributed by atoms with Gasteiger partial charge in [-0.15, -0.1) is 11.3 Å². The van der Waals surface area contributed by atoms with Gasteiger partial charge in [-0.25, -0.2) is 4.98 Å². The van der Waals surface area contributed by atoms with E-state index in [1.54, 1.807) is 6.07 Å². The van der Waals surface area contributed by atoms with Gasteiger partial charge in [0.15, 0.2) is 0 Å². The van der Waals surface area contributed by atoms with Gasteiger partial charge in [0.05, 0.1) is 4.92 Å². The fourth-order valence-corrected chi connectivity index (χ4v) is 2.27. The summed E-state index contributed by atoms with van der Waals surface area (Å²) in [5.74, 6) is 0.556. The number of thiazole rings is 1. The Morgan fingerprint density at radius 3 is 2.89 bits per heavy atom. The number of aryl methyl sites for hydroxylation is 1. The summed E-state index contributed by atoms with van der Waals surface area (Å²) in [5.41, 5.74) is 7.15. The van der Waals surface area contributed by atoms with E-state index in [0.717, 1.165) is 10.7 Å². The molecule has 0 fully saturated rings. The number of hydrogen-bond acceptors (Lipinski definition) is 6. The van der Waals surface area contributed by atoms with Crippen molar-refractivity contribution in [3.8, 4) is 5.75 Å². The molecule has 0 aliphatic heterocycles. The summed E-state index contributed by atoms with van der Waals surface area (Å²) in [4.78, 5) is 14.5. The summed E-state index contributed by atoms with van der Waals surface area (Å²) >= 11 is 1.51. The van der Waals surface area contributed by atoms with Gasteiger partial charge in [0.1, 0.15) is 17.4 Å². The smallest absolute Gasteiger partial charge is 0.270 e. The minimum Gasteiger partial charge on any atom is -0.486 e. The fraction of sp³-hybridized carbons (Fsp3) is 0.250. The number of rotatable bonds is 5. The maximum absolute atomic E-state index is 10.7. The van der Waals surface area contributed by atoms with E-state index in [-0.39, 0.29) is 12.2 Å². The first kappa shape index (κ1) is 13.4. The largest absolute Gasteiger partial charge is 0.486 e. The highest BCUT2D eigenvalue weighted by molar-refractivity contribution is 7.09. The zero-order chi connectivity index (χ0) is 13.8. The van der Waals surface area contributed by atoms with Crippen LogP contribution in [0, 0.1) is 17.0 Å². The van der Waals surface area contributed by atoms with E-state index in [0.29, 0.717) is 17.9 Å². The molecule has 0 amide bonds. The molecule has 100 valence electrons. The third kappa shape index (κ3) is 3.27. The van der Waals surface area contributed by atoms with Crippen molar-refractivity contribution in [2.45, 2.75) is 20.1 Å². The average Bonchev–Trinajstić information content (AvgIpc) is 2.81. The maximum atomic E-state index is 10.7. The molecule has 0 atom stereocenters. The lowest BCUT2D eigenvalue weighted by Gasteiger charge is -2.08. The molecule has 1 aromatic carbocycles. The van der Waals surface area contributed by atoms with Crippen molar-refractivity contribution >= 4 is 17.0 Å². The van der Waals surface area contributed by atoms with Crippen LogP contribution in [0.2, 0.25) is 0 Å². The van der Waals surface area contributed by atoms with E-state index >= 15 is 0 Å². The van der Waals surface area contributed by atoms with Crippen LogP contribution < -0.4 is 10.5 Å². The highest BCUT2D eigenvalue weighted by Crippen LogP contribution is 2.25. The first-order chi connectivity index (χ1) is 9.10. The van der Waals surface area contributed by atoms with Gasteiger partial charge in [-0.05, 0) is 13.0 Å². The Morgan fingerprint density at radius 1 is 1.53 bits per heavy atom. The highest BCUT2D eigenvalue weighted by Gasteiger charge is 2.11. The number of nitrogens with zero attached hydrogens (tertiary/aromatic N) is 2. The van der Waals surface area contributed by atoms with E-state index in [1.165, 1.54) is 23.5 Å². The van der Waals surface area contributed by atoms with Crippen LogP contribution in [0.5, 0.6) is 5.75 Å². The zero-order valence-electron chi connectivity index (χ0n) is 10.3. The number of nitro groups is 1. The first-order valence-electron chi connectivity index (χ1n) is 5.61. The monoisotopic (exact) mass is 279 g/mol. The van der Waals surface area contributed by atoms with Crippen molar-refractivity contribution in [3.05, 3.63) is 50.0 Å². The standard InChI is InChI=1S/C12H13N3O3S/c1-8-7-19-12(14-8)6-18-11-3-2-10(15(16)17)4-9(11)5-13/h2-4,7H,5-6,13H2,1H3. The molecule has 0 saturated carbocycles. The third-order valence-electron chi connectivity index (χ3n) is 2.49. The first-order valence-corrected chi connectivity index (χ1v) is 6.49. The Morgan fingerprint density at radius 2 is 2.32 bits per heavy atom. The Bertz CT molecular complexity index is 598. The SMILES string of the molecule is Cc1csc(COc2ccc([N+](=O)[O-])cc2CN)n1. The summed E-state index contributed by atoms with van der Waals surface area (Å²) in [7, 11) is 0. The van der Waals surface area contributed by atoms with Crippen molar-refractivity contribution in [2.75, 3.05) is 0 Å². The van der Waals surface area contributed by atoms with Crippen molar-refractivity contribution in [1.29, 1.82) is 0 Å². The summed E-state index contributed by atoms with van der Waals surface area (Å²) < 4.78 is 5.61. The predicted molar refractivity (Wildman–Crippen MR) is 72.2 cm³/mol. The fourth-order valence-electron chi connectivity index (χ4n) is 1.59. The summed E-state index contributed by atoms with van der Waals surface area (Å²) in [6.07, 6.45) is 0. The quantitative estimate of drug-likeness (QED) is 0.670. The van der Waals surface area contributed by atoms with Crippen molar-refractivity contribution in [2.24, 2.45) is 5.73 Å². The molecule has 2 aromatic rings. The van der Waals surface area contributed by atoms with Crippen LogP contribution in [0.4, 0.5) is 5.69 Å². The molecule has 0 saturated heterocycles. The van der Waals surface area contributed by atoms with E-state index in [9.17, 15) is 10.1 Å². The molecule has 19 heavy (non-hydrogen) atoms. The molecular formula is C12H13N3O3S. The number of benzene rings is 1. The Balaban J connectivity index is 2.13. The summed E-state index contributed by atoms with van der Waals surface area (Å²) in [6, 6.07) is 4.41. The Kier molecular flexibility index (Phi) is 4.08. The second-order valence-electron chi connectivity index (χ2n) is 3.92. The molecular weight excluding hydrogens is 266 g/mol. The van der Waals surface area contributed by atoms with Crippen molar-refractivity contribution < 1.29 is 9.66 Å². The van der Waals surface area contributed by atoms with Gasteiger partial charge < -0.3 is 10.5 Å². The van der Waals surface area contributed by atoms with Crippen LogP contribution >= 0.6 is 11.3 Å². The maximum Gasteiger partial charge on any atom is 0.270 e. The van der Waals surface area contributed by atoms with E-state index in [2.05, 4.69) is 4.98 Å². The van der Waals surface area contributed by atoms with Gasteiger partial charge in [0.2, 0.25) is 0 Å². The van der Waals surface area contributed by atoms with Gasteiger partial charge in [-0.2, -0.15) is 0 Å². The number of ether oxygens (including phenoxy) is 1. The van der Waals surface area contributed by atoms with Crippen LogP contribution in [0.15, 0.2) is 23.6 Å². The van der Waals surface area contributed by atoms with Gasteiger partial charge in [-0.3, -0.25) is 10.1 Å².